The average molecular weight is 470 g/mol. The molecule has 0 aromatic carbocycles. The molecule has 1 saturated heterocycles. The average Bonchev–Trinajstić information content (AvgIpc) is 3.08. The number of rotatable bonds is 5. The standard InChI is InChI=1S/C30H47NO3/c1-20-18-26-24-9-8-22-19-23(34-27(33)12-17-31-15-6-5-7-16-31)10-13-29(22,3)25(24)11-14-30(26,4)28(20)21(2)32/h8,20,23-26,28H,5-7,9-19H2,1-4H3/t20-,23-,24+,25-,26-,28+,29+,30+/m1/s1. The van der Waals surface area contributed by atoms with Gasteiger partial charge in [0.15, 0.2) is 0 Å². The number of nitrogens with zero attached hydrogens (tertiary/aromatic N) is 1. The van der Waals surface area contributed by atoms with E-state index >= 15 is 0 Å². The Labute approximate surface area is 207 Å². The Kier molecular flexibility index (Phi) is 6.76. The van der Waals surface area contributed by atoms with Gasteiger partial charge >= 0.3 is 5.97 Å². The van der Waals surface area contributed by atoms with Crippen LogP contribution in [0.3, 0.4) is 0 Å². The summed E-state index contributed by atoms with van der Waals surface area (Å²) in [6.45, 7) is 12.2. The van der Waals surface area contributed by atoms with E-state index in [-0.39, 0.29) is 28.8 Å². The van der Waals surface area contributed by atoms with Crippen molar-refractivity contribution >= 4 is 11.8 Å². The van der Waals surface area contributed by atoms with Crippen molar-refractivity contribution in [3.05, 3.63) is 11.6 Å². The monoisotopic (exact) mass is 469 g/mol. The lowest BCUT2D eigenvalue weighted by molar-refractivity contribution is -0.152. The topological polar surface area (TPSA) is 46.6 Å². The molecule has 1 aliphatic heterocycles. The number of hydrogen-bond acceptors (Lipinski definition) is 4. The number of ether oxygens (including phenoxy) is 1. The lowest BCUT2D eigenvalue weighted by Crippen LogP contribution is -2.51. The fourth-order valence-electron chi connectivity index (χ4n) is 9.63. The van der Waals surface area contributed by atoms with Crippen molar-refractivity contribution in [3.8, 4) is 0 Å². The van der Waals surface area contributed by atoms with Crippen LogP contribution < -0.4 is 0 Å². The van der Waals surface area contributed by atoms with Crippen LogP contribution in [-0.2, 0) is 14.3 Å². The lowest BCUT2D eigenvalue weighted by Gasteiger charge is -2.58. The van der Waals surface area contributed by atoms with Crippen LogP contribution in [0.1, 0.15) is 98.3 Å². The molecule has 0 bridgehead atoms. The summed E-state index contributed by atoms with van der Waals surface area (Å²) < 4.78 is 6.01. The van der Waals surface area contributed by atoms with Crippen LogP contribution >= 0.6 is 0 Å². The zero-order valence-corrected chi connectivity index (χ0v) is 22.1. The molecule has 1 heterocycles. The Hall–Kier alpha value is -1.16. The van der Waals surface area contributed by atoms with Gasteiger partial charge in [-0.2, -0.15) is 0 Å². The second-order valence-corrected chi connectivity index (χ2v) is 13.1. The van der Waals surface area contributed by atoms with Crippen LogP contribution in [0.4, 0.5) is 0 Å². The number of hydrogen-bond donors (Lipinski definition) is 0. The number of esters is 1. The van der Waals surface area contributed by atoms with E-state index in [0.717, 1.165) is 51.2 Å². The molecule has 5 aliphatic rings. The first-order valence-corrected chi connectivity index (χ1v) is 14.3. The van der Waals surface area contributed by atoms with Crippen molar-refractivity contribution in [2.75, 3.05) is 19.6 Å². The summed E-state index contributed by atoms with van der Waals surface area (Å²) in [5.41, 5.74) is 2.00. The molecule has 0 aromatic rings. The minimum Gasteiger partial charge on any atom is -0.462 e. The smallest absolute Gasteiger partial charge is 0.307 e. The van der Waals surface area contributed by atoms with Crippen LogP contribution in [0.25, 0.3) is 0 Å². The zero-order valence-electron chi connectivity index (χ0n) is 22.1. The molecule has 5 rings (SSSR count). The maximum absolute atomic E-state index is 12.6. The summed E-state index contributed by atoms with van der Waals surface area (Å²) in [6.07, 6.45) is 14.9. The van der Waals surface area contributed by atoms with Crippen LogP contribution in [0, 0.1) is 40.4 Å². The molecule has 4 nitrogen and oxygen atoms in total. The van der Waals surface area contributed by atoms with Crippen LogP contribution in [-0.4, -0.2) is 42.4 Å². The first-order chi connectivity index (χ1) is 16.2. The Bertz CT molecular complexity index is 829. The number of ketones is 1. The third kappa shape index (κ3) is 4.20. The van der Waals surface area contributed by atoms with Gasteiger partial charge in [0, 0.05) is 18.9 Å². The highest BCUT2D eigenvalue weighted by molar-refractivity contribution is 5.80. The Morgan fingerprint density at radius 3 is 2.59 bits per heavy atom. The number of piperidine rings is 1. The Morgan fingerprint density at radius 2 is 1.85 bits per heavy atom. The molecule has 0 aromatic heterocycles. The first kappa shape index (κ1) is 24.5. The van der Waals surface area contributed by atoms with Gasteiger partial charge in [-0.05, 0) is 106 Å². The van der Waals surface area contributed by atoms with Gasteiger partial charge in [-0.15, -0.1) is 0 Å². The molecule has 4 aliphatic carbocycles. The summed E-state index contributed by atoms with van der Waals surface area (Å²) in [7, 11) is 0. The van der Waals surface area contributed by atoms with E-state index in [1.807, 2.05) is 6.92 Å². The molecule has 4 fully saturated rings. The number of allylic oxidation sites excluding steroid dienone is 1. The fraction of sp³-hybridized carbons (Fsp3) is 0.867. The van der Waals surface area contributed by atoms with E-state index in [4.69, 9.17) is 4.74 Å². The van der Waals surface area contributed by atoms with Gasteiger partial charge < -0.3 is 9.64 Å². The molecule has 0 radical (unpaired) electrons. The molecular formula is C30H47NO3. The van der Waals surface area contributed by atoms with Gasteiger partial charge in [-0.25, -0.2) is 0 Å². The largest absolute Gasteiger partial charge is 0.462 e. The van der Waals surface area contributed by atoms with Gasteiger partial charge in [0.1, 0.15) is 11.9 Å². The van der Waals surface area contributed by atoms with Gasteiger partial charge in [-0.1, -0.05) is 38.8 Å². The normalized spacial score (nSPS) is 44.4. The highest BCUT2D eigenvalue weighted by Crippen LogP contribution is 2.67. The van der Waals surface area contributed by atoms with Crippen LogP contribution in [0.15, 0.2) is 11.6 Å². The second kappa shape index (κ2) is 9.37. The predicted molar refractivity (Wildman–Crippen MR) is 135 cm³/mol. The molecule has 3 saturated carbocycles. The molecule has 190 valence electrons. The van der Waals surface area contributed by atoms with E-state index < -0.39 is 0 Å². The summed E-state index contributed by atoms with van der Waals surface area (Å²) in [4.78, 5) is 27.6. The maximum Gasteiger partial charge on any atom is 0.307 e. The highest BCUT2D eigenvalue weighted by Gasteiger charge is 2.61. The van der Waals surface area contributed by atoms with E-state index in [1.54, 1.807) is 5.57 Å². The van der Waals surface area contributed by atoms with Crippen molar-refractivity contribution in [1.82, 2.24) is 4.90 Å². The third-order valence-corrected chi connectivity index (χ3v) is 11.2. The molecule has 0 spiro atoms. The first-order valence-electron chi connectivity index (χ1n) is 14.3. The summed E-state index contributed by atoms with van der Waals surface area (Å²) in [5, 5.41) is 0. The van der Waals surface area contributed by atoms with Crippen molar-refractivity contribution in [1.29, 1.82) is 0 Å². The summed E-state index contributed by atoms with van der Waals surface area (Å²) in [5.74, 6) is 3.28. The minimum absolute atomic E-state index is 0.00267. The molecule has 0 amide bonds. The number of Topliss-reactive ketones (excluding diaryl/α,β-unsaturated/α-hetero) is 1. The van der Waals surface area contributed by atoms with Crippen molar-refractivity contribution in [2.24, 2.45) is 40.4 Å². The van der Waals surface area contributed by atoms with Crippen molar-refractivity contribution in [2.45, 2.75) is 104 Å². The molecule has 0 N–H and O–H groups in total. The molecule has 4 heteroatoms. The van der Waals surface area contributed by atoms with Crippen molar-refractivity contribution < 1.29 is 14.3 Å². The Balaban J connectivity index is 1.22. The molecule has 34 heavy (non-hydrogen) atoms. The maximum atomic E-state index is 12.6. The van der Waals surface area contributed by atoms with Crippen LogP contribution in [0.2, 0.25) is 0 Å². The van der Waals surface area contributed by atoms with Gasteiger partial charge in [0.25, 0.3) is 0 Å². The van der Waals surface area contributed by atoms with Gasteiger partial charge in [0.2, 0.25) is 0 Å². The second-order valence-electron chi connectivity index (χ2n) is 13.1. The number of fused-ring (bicyclic) bond motifs is 5. The quantitative estimate of drug-likeness (QED) is 0.356. The number of carbonyl (C=O) groups is 2. The SMILES string of the molecule is CC(=O)[C@@H]1[C@H](C)C[C@@H]2[C@H]3CC=C4C[C@H](OC(=O)CCN5CCCCC5)CC[C@]4(C)[C@@H]3CC[C@@]21C. The highest BCUT2D eigenvalue weighted by atomic mass is 16.5. The van der Waals surface area contributed by atoms with Crippen LogP contribution in [0.5, 0.6) is 0 Å². The zero-order chi connectivity index (χ0) is 24.1. The number of likely N-dealkylation sites (tertiary alicyclic amines) is 1. The minimum atomic E-state index is -0.00267. The van der Waals surface area contributed by atoms with Crippen molar-refractivity contribution in [3.63, 3.8) is 0 Å². The molecule has 0 unspecified atom stereocenters. The van der Waals surface area contributed by atoms with E-state index in [0.29, 0.717) is 30.0 Å². The number of carbonyl (C=O) groups excluding carboxylic acids is 2. The van der Waals surface area contributed by atoms with E-state index in [2.05, 4.69) is 31.7 Å². The third-order valence-electron chi connectivity index (χ3n) is 11.2. The van der Waals surface area contributed by atoms with Gasteiger partial charge in [-0.3, -0.25) is 9.59 Å². The van der Waals surface area contributed by atoms with E-state index in [9.17, 15) is 9.59 Å². The van der Waals surface area contributed by atoms with E-state index in [1.165, 1.54) is 38.5 Å². The molecular weight excluding hydrogens is 422 g/mol. The predicted octanol–water partition coefficient (Wildman–Crippen LogP) is 6.19. The summed E-state index contributed by atoms with van der Waals surface area (Å²) >= 11 is 0. The molecule has 8 atom stereocenters. The summed E-state index contributed by atoms with van der Waals surface area (Å²) in [6, 6.07) is 0. The van der Waals surface area contributed by atoms with Gasteiger partial charge in [0.05, 0.1) is 6.42 Å². The Morgan fingerprint density at radius 1 is 1.09 bits per heavy atom. The fourth-order valence-corrected chi connectivity index (χ4v) is 9.63. The lowest BCUT2D eigenvalue weighted by atomic mass is 9.47.